The van der Waals surface area contributed by atoms with Gasteiger partial charge in [0.25, 0.3) is 0 Å². The quantitative estimate of drug-likeness (QED) is 0.623. The summed E-state index contributed by atoms with van der Waals surface area (Å²) in [6.45, 7) is 12.8. The van der Waals surface area contributed by atoms with Crippen molar-refractivity contribution in [2.24, 2.45) is 5.92 Å². The second kappa shape index (κ2) is 12.0. The van der Waals surface area contributed by atoms with E-state index in [0.29, 0.717) is 25.3 Å². The van der Waals surface area contributed by atoms with E-state index in [1.807, 2.05) is 18.2 Å². The fraction of sp³-hybridized carbons (Fsp3) is 0.731. The molecule has 3 heterocycles. The molecule has 0 bridgehead atoms. The molecule has 33 heavy (non-hydrogen) atoms. The van der Waals surface area contributed by atoms with E-state index in [9.17, 15) is 4.79 Å². The lowest BCUT2D eigenvalue weighted by Gasteiger charge is -2.39. The Morgan fingerprint density at radius 3 is 2.39 bits per heavy atom. The van der Waals surface area contributed by atoms with Gasteiger partial charge in [-0.05, 0) is 83.3 Å². The average molecular weight is 477 g/mol. The van der Waals surface area contributed by atoms with Gasteiger partial charge in [-0.25, -0.2) is 0 Å². The normalized spacial score (nSPS) is 27.0. The predicted octanol–water partition coefficient (Wildman–Crippen LogP) is 3.41. The molecule has 1 aromatic rings. The van der Waals surface area contributed by atoms with Gasteiger partial charge in [0.15, 0.2) is 0 Å². The molecule has 1 amide bonds. The highest BCUT2D eigenvalue weighted by Crippen LogP contribution is 2.29. The summed E-state index contributed by atoms with van der Waals surface area (Å²) in [7, 11) is 0. The Kier molecular flexibility index (Phi) is 9.05. The molecule has 3 saturated heterocycles. The van der Waals surface area contributed by atoms with E-state index in [-0.39, 0.29) is 11.9 Å². The summed E-state index contributed by atoms with van der Waals surface area (Å²) >= 11 is 6.51. The first-order valence-corrected chi connectivity index (χ1v) is 13.2. The fourth-order valence-electron chi connectivity index (χ4n) is 5.83. The maximum Gasteiger partial charge on any atom is 0.234 e. The van der Waals surface area contributed by atoms with Gasteiger partial charge in [0.2, 0.25) is 5.91 Å². The van der Waals surface area contributed by atoms with Crippen LogP contribution in [0.1, 0.15) is 51.1 Å². The lowest BCUT2D eigenvalue weighted by atomic mass is 9.95. The molecule has 0 spiro atoms. The predicted molar refractivity (Wildman–Crippen MR) is 134 cm³/mol. The minimum absolute atomic E-state index is 0.125. The van der Waals surface area contributed by atoms with E-state index in [1.165, 1.54) is 25.7 Å². The smallest absolute Gasteiger partial charge is 0.234 e. The van der Waals surface area contributed by atoms with Crippen LogP contribution in [0.3, 0.4) is 0 Å². The molecule has 0 radical (unpaired) electrons. The molecule has 3 atom stereocenters. The highest BCUT2D eigenvalue weighted by molar-refractivity contribution is 6.31. The Bertz CT molecular complexity index is 754. The van der Waals surface area contributed by atoms with Gasteiger partial charge in [0, 0.05) is 31.2 Å². The van der Waals surface area contributed by atoms with Gasteiger partial charge >= 0.3 is 0 Å². The minimum Gasteiger partial charge on any atom is -0.373 e. The number of carbonyl (C=O) groups is 1. The van der Waals surface area contributed by atoms with E-state index in [4.69, 9.17) is 16.3 Å². The van der Waals surface area contributed by atoms with Crippen molar-refractivity contribution >= 4 is 17.5 Å². The molecular weight excluding hydrogens is 436 g/mol. The largest absolute Gasteiger partial charge is 0.373 e. The zero-order valence-electron chi connectivity index (χ0n) is 20.3. The van der Waals surface area contributed by atoms with Crippen LogP contribution < -0.4 is 5.32 Å². The number of rotatable bonds is 8. The third-order valence-electron chi connectivity index (χ3n) is 7.42. The summed E-state index contributed by atoms with van der Waals surface area (Å²) in [5.74, 6) is 0.849. The zero-order chi connectivity index (χ0) is 23.2. The second-order valence-electron chi connectivity index (χ2n) is 10.3. The number of benzene rings is 1. The van der Waals surface area contributed by atoms with Crippen molar-refractivity contribution in [2.75, 3.05) is 58.9 Å². The van der Waals surface area contributed by atoms with Gasteiger partial charge in [-0.15, -0.1) is 0 Å². The first kappa shape index (κ1) is 24.9. The molecule has 3 unspecified atom stereocenters. The highest BCUT2D eigenvalue weighted by Gasteiger charge is 2.28. The number of amides is 1. The summed E-state index contributed by atoms with van der Waals surface area (Å²) in [4.78, 5) is 20.1. The van der Waals surface area contributed by atoms with Crippen LogP contribution in [0.5, 0.6) is 0 Å². The van der Waals surface area contributed by atoms with Crippen molar-refractivity contribution < 1.29 is 9.53 Å². The van der Waals surface area contributed by atoms with Crippen molar-refractivity contribution in [1.29, 1.82) is 0 Å². The van der Waals surface area contributed by atoms with Crippen molar-refractivity contribution in [1.82, 2.24) is 20.0 Å². The Morgan fingerprint density at radius 2 is 1.73 bits per heavy atom. The number of nitrogens with zero attached hydrogens (tertiary/aromatic N) is 3. The lowest BCUT2D eigenvalue weighted by molar-refractivity contribution is -0.123. The van der Waals surface area contributed by atoms with Gasteiger partial charge in [0.1, 0.15) is 0 Å². The molecule has 3 aliphatic heterocycles. The van der Waals surface area contributed by atoms with Gasteiger partial charge in [0.05, 0.1) is 24.8 Å². The standard InChI is InChI=1S/C26H41ClN4O2/c1-20-16-30(17-21(2)33-20)18-22-9-13-29(14-10-22)19-26(32)28-15-25(31-11-5-6-12-31)23-7-3-4-8-24(23)27/h3-4,7-8,20-22,25H,5-6,9-19H2,1-2H3,(H,28,32). The topological polar surface area (TPSA) is 48.0 Å². The van der Waals surface area contributed by atoms with E-state index >= 15 is 0 Å². The molecule has 3 fully saturated rings. The van der Waals surface area contributed by atoms with Gasteiger partial charge in [-0.3, -0.25) is 19.5 Å². The Hall–Kier alpha value is -1.18. The maximum atomic E-state index is 12.8. The van der Waals surface area contributed by atoms with Gasteiger partial charge in [-0.2, -0.15) is 0 Å². The van der Waals surface area contributed by atoms with Crippen molar-refractivity contribution in [3.63, 3.8) is 0 Å². The number of carbonyl (C=O) groups excluding carboxylic acids is 1. The number of hydrogen-bond donors (Lipinski definition) is 1. The van der Waals surface area contributed by atoms with Crippen molar-refractivity contribution in [3.05, 3.63) is 34.9 Å². The number of piperidine rings is 1. The summed E-state index contributed by atoms with van der Waals surface area (Å²) in [5.41, 5.74) is 1.12. The van der Waals surface area contributed by atoms with E-state index in [1.54, 1.807) is 0 Å². The molecule has 1 aromatic carbocycles. The first-order valence-electron chi connectivity index (χ1n) is 12.8. The Morgan fingerprint density at radius 1 is 1.06 bits per heavy atom. The first-order chi connectivity index (χ1) is 16.0. The van der Waals surface area contributed by atoms with Crippen LogP contribution in [0.25, 0.3) is 0 Å². The fourth-order valence-corrected chi connectivity index (χ4v) is 6.09. The monoisotopic (exact) mass is 476 g/mol. The molecule has 1 N–H and O–H groups in total. The lowest BCUT2D eigenvalue weighted by Crippen LogP contribution is -2.49. The Labute approximate surface area is 204 Å². The highest BCUT2D eigenvalue weighted by atomic mass is 35.5. The van der Waals surface area contributed by atoms with E-state index < -0.39 is 0 Å². The third kappa shape index (κ3) is 7.15. The molecule has 4 rings (SSSR count). The summed E-state index contributed by atoms with van der Waals surface area (Å²) in [6, 6.07) is 8.20. The maximum absolute atomic E-state index is 12.8. The van der Waals surface area contributed by atoms with Crippen molar-refractivity contribution in [3.8, 4) is 0 Å². The van der Waals surface area contributed by atoms with Gasteiger partial charge < -0.3 is 10.1 Å². The van der Waals surface area contributed by atoms with Crippen LogP contribution in [0.2, 0.25) is 5.02 Å². The number of nitrogens with one attached hydrogen (secondary N) is 1. The minimum atomic E-state index is 0.125. The van der Waals surface area contributed by atoms with Crippen LogP contribution >= 0.6 is 11.6 Å². The second-order valence-corrected chi connectivity index (χ2v) is 10.7. The number of hydrogen-bond acceptors (Lipinski definition) is 5. The van der Waals surface area contributed by atoms with E-state index in [2.05, 4.69) is 39.9 Å². The molecule has 7 heteroatoms. The molecule has 3 aliphatic rings. The van der Waals surface area contributed by atoms with Crippen LogP contribution in [-0.4, -0.2) is 91.7 Å². The van der Waals surface area contributed by atoms with Crippen LogP contribution in [0.15, 0.2) is 24.3 Å². The number of ether oxygens (including phenoxy) is 1. The van der Waals surface area contributed by atoms with Gasteiger partial charge in [-0.1, -0.05) is 29.8 Å². The third-order valence-corrected chi connectivity index (χ3v) is 7.77. The summed E-state index contributed by atoms with van der Waals surface area (Å²) in [6.07, 6.45) is 5.42. The summed E-state index contributed by atoms with van der Waals surface area (Å²) in [5, 5.41) is 4.00. The SMILES string of the molecule is CC1CN(CC2CCN(CC(=O)NCC(c3ccccc3Cl)N3CCCC3)CC2)CC(C)O1. The zero-order valence-corrected chi connectivity index (χ0v) is 21.1. The molecule has 0 saturated carbocycles. The molecule has 0 aromatic heterocycles. The molecule has 184 valence electrons. The summed E-state index contributed by atoms with van der Waals surface area (Å²) < 4.78 is 5.87. The number of morpholine rings is 1. The van der Waals surface area contributed by atoms with Crippen LogP contribution in [0, 0.1) is 5.92 Å². The number of halogens is 1. The van der Waals surface area contributed by atoms with E-state index in [0.717, 1.165) is 62.3 Å². The molecule has 0 aliphatic carbocycles. The molecular formula is C26H41ClN4O2. The van der Waals surface area contributed by atoms with Crippen LogP contribution in [0.4, 0.5) is 0 Å². The molecule has 6 nitrogen and oxygen atoms in total. The Balaban J connectivity index is 1.21. The average Bonchev–Trinajstić information content (AvgIpc) is 3.30. The van der Waals surface area contributed by atoms with Crippen LogP contribution in [-0.2, 0) is 9.53 Å². The van der Waals surface area contributed by atoms with Crippen molar-refractivity contribution in [2.45, 2.75) is 57.8 Å². The number of likely N-dealkylation sites (tertiary alicyclic amines) is 2.